The van der Waals surface area contributed by atoms with Crippen LogP contribution < -0.4 is 5.32 Å². The summed E-state index contributed by atoms with van der Waals surface area (Å²) in [5.41, 5.74) is 0.00647. The zero-order chi connectivity index (χ0) is 14.4. The van der Waals surface area contributed by atoms with Crippen LogP contribution in [0.25, 0.3) is 0 Å². The van der Waals surface area contributed by atoms with Gasteiger partial charge in [0.1, 0.15) is 0 Å². The third-order valence-corrected chi connectivity index (χ3v) is 6.31. The van der Waals surface area contributed by atoms with Crippen molar-refractivity contribution in [3.63, 3.8) is 0 Å². The first-order valence-electron chi connectivity index (χ1n) is 7.53. The molecule has 20 heavy (non-hydrogen) atoms. The number of alkyl halides is 1. The first-order valence-corrected chi connectivity index (χ1v) is 9.53. The third-order valence-electron chi connectivity index (χ3n) is 4.30. The number of carbonyl (C=O) groups is 1. The molecule has 0 bridgehead atoms. The molecule has 1 aliphatic carbocycles. The number of amides is 1. The molecule has 2 nitrogen and oxygen atoms in total. The van der Waals surface area contributed by atoms with Crippen LogP contribution in [0.5, 0.6) is 0 Å². The van der Waals surface area contributed by atoms with Gasteiger partial charge in [-0.2, -0.15) is 0 Å². The van der Waals surface area contributed by atoms with E-state index in [0.29, 0.717) is 6.42 Å². The molecule has 112 valence electrons. The number of hydrogen-bond donors (Lipinski definition) is 1. The van der Waals surface area contributed by atoms with Crippen molar-refractivity contribution in [1.29, 1.82) is 0 Å². The first kappa shape index (κ1) is 16.0. The van der Waals surface area contributed by atoms with E-state index in [9.17, 15) is 4.79 Å². The van der Waals surface area contributed by atoms with Crippen molar-refractivity contribution in [2.45, 2.75) is 57.4 Å². The second-order valence-corrected chi connectivity index (χ2v) is 7.67. The monoisotopic (exact) mass is 357 g/mol. The number of thiophene rings is 1. The predicted octanol–water partition coefficient (Wildman–Crippen LogP) is 4.53. The van der Waals surface area contributed by atoms with Gasteiger partial charge in [0.2, 0.25) is 5.91 Å². The lowest BCUT2D eigenvalue weighted by atomic mass is 9.78. The van der Waals surface area contributed by atoms with Crippen molar-refractivity contribution >= 4 is 33.2 Å². The van der Waals surface area contributed by atoms with Crippen LogP contribution in [0.1, 0.15) is 50.3 Å². The number of halogens is 1. The van der Waals surface area contributed by atoms with Crippen molar-refractivity contribution in [3.05, 3.63) is 22.4 Å². The lowest BCUT2D eigenvalue weighted by Crippen LogP contribution is -2.52. The van der Waals surface area contributed by atoms with Gasteiger partial charge in [-0.1, -0.05) is 28.9 Å². The standard InChI is InChI=1S/C16H24BrNOS/c1-13-7-9-16(12-17,10-8-13)18-15(19)6-2-4-14-5-3-11-20-14/h3,5,11,13H,2,4,6-10,12H2,1H3,(H,18,19). The molecule has 1 fully saturated rings. The summed E-state index contributed by atoms with van der Waals surface area (Å²) in [6, 6.07) is 4.22. The van der Waals surface area contributed by atoms with Crippen LogP contribution in [0.4, 0.5) is 0 Å². The number of nitrogens with one attached hydrogen (secondary N) is 1. The molecular weight excluding hydrogens is 334 g/mol. The minimum absolute atomic E-state index is 0.00647. The topological polar surface area (TPSA) is 29.1 Å². The summed E-state index contributed by atoms with van der Waals surface area (Å²) in [5, 5.41) is 6.27. The van der Waals surface area contributed by atoms with E-state index in [1.807, 2.05) is 0 Å². The molecule has 0 aromatic carbocycles. The third kappa shape index (κ3) is 4.59. The molecule has 1 amide bonds. The molecule has 0 atom stereocenters. The van der Waals surface area contributed by atoms with E-state index in [4.69, 9.17) is 0 Å². The highest BCUT2D eigenvalue weighted by Crippen LogP contribution is 2.33. The average Bonchev–Trinajstić information content (AvgIpc) is 2.95. The Morgan fingerprint density at radius 1 is 1.50 bits per heavy atom. The lowest BCUT2D eigenvalue weighted by molar-refractivity contribution is -0.123. The normalized spacial score (nSPS) is 26.4. The number of aryl methyl sites for hydroxylation is 1. The van der Waals surface area contributed by atoms with Gasteiger partial charge in [-0.05, 0) is 55.9 Å². The molecule has 1 saturated carbocycles. The molecule has 0 radical (unpaired) electrons. The second kappa shape index (κ2) is 7.60. The Balaban J connectivity index is 1.74. The Hall–Kier alpha value is -0.350. The van der Waals surface area contributed by atoms with E-state index in [-0.39, 0.29) is 11.4 Å². The van der Waals surface area contributed by atoms with Gasteiger partial charge in [0.15, 0.2) is 0 Å². The summed E-state index contributed by atoms with van der Waals surface area (Å²) in [7, 11) is 0. The van der Waals surface area contributed by atoms with Gasteiger partial charge in [-0.15, -0.1) is 11.3 Å². The van der Waals surface area contributed by atoms with Gasteiger partial charge in [0, 0.05) is 22.2 Å². The van der Waals surface area contributed by atoms with Crippen molar-refractivity contribution < 1.29 is 4.79 Å². The smallest absolute Gasteiger partial charge is 0.220 e. The quantitative estimate of drug-likeness (QED) is 0.744. The molecule has 1 N–H and O–H groups in total. The van der Waals surface area contributed by atoms with Crippen LogP contribution in [0.2, 0.25) is 0 Å². The second-order valence-electron chi connectivity index (χ2n) is 6.08. The fraction of sp³-hybridized carbons (Fsp3) is 0.688. The Morgan fingerprint density at radius 2 is 2.25 bits per heavy atom. The van der Waals surface area contributed by atoms with Gasteiger partial charge in [0.25, 0.3) is 0 Å². The minimum atomic E-state index is 0.00647. The highest BCUT2D eigenvalue weighted by Gasteiger charge is 2.34. The van der Waals surface area contributed by atoms with E-state index >= 15 is 0 Å². The van der Waals surface area contributed by atoms with Crippen molar-refractivity contribution in [2.24, 2.45) is 5.92 Å². The maximum Gasteiger partial charge on any atom is 0.220 e. The maximum absolute atomic E-state index is 12.2. The molecule has 2 rings (SSSR count). The van der Waals surface area contributed by atoms with E-state index < -0.39 is 0 Å². The average molecular weight is 358 g/mol. The van der Waals surface area contributed by atoms with Gasteiger partial charge >= 0.3 is 0 Å². The van der Waals surface area contributed by atoms with Gasteiger partial charge in [-0.25, -0.2) is 0 Å². The molecule has 1 aliphatic rings. The van der Waals surface area contributed by atoms with Gasteiger partial charge in [0.05, 0.1) is 0 Å². The highest BCUT2D eigenvalue weighted by molar-refractivity contribution is 9.09. The Bertz CT molecular complexity index is 410. The van der Waals surface area contributed by atoms with Gasteiger partial charge in [-0.3, -0.25) is 4.79 Å². The lowest BCUT2D eigenvalue weighted by Gasteiger charge is -2.39. The van der Waals surface area contributed by atoms with Crippen LogP contribution in [-0.2, 0) is 11.2 Å². The largest absolute Gasteiger partial charge is 0.350 e. The summed E-state index contributed by atoms with van der Waals surface area (Å²) < 4.78 is 0. The molecular formula is C16H24BrNOS. The molecule has 1 aromatic rings. The maximum atomic E-state index is 12.2. The van der Waals surface area contributed by atoms with Crippen LogP contribution in [-0.4, -0.2) is 16.8 Å². The van der Waals surface area contributed by atoms with E-state index in [1.165, 1.54) is 17.7 Å². The number of hydrogen-bond acceptors (Lipinski definition) is 2. The van der Waals surface area contributed by atoms with Crippen LogP contribution in [0.15, 0.2) is 17.5 Å². The summed E-state index contributed by atoms with van der Waals surface area (Å²) >= 11 is 5.38. The molecule has 1 heterocycles. The summed E-state index contributed by atoms with van der Waals surface area (Å²) in [6.45, 7) is 2.31. The zero-order valence-electron chi connectivity index (χ0n) is 12.2. The summed E-state index contributed by atoms with van der Waals surface area (Å²) in [5.74, 6) is 1.02. The molecule has 4 heteroatoms. The molecule has 0 aliphatic heterocycles. The number of rotatable bonds is 6. The molecule has 0 unspecified atom stereocenters. The SMILES string of the molecule is CC1CCC(CBr)(NC(=O)CCCc2cccs2)CC1. The van der Waals surface area contributed by atoms with Crippen LogP contribution in [0.3, 0.4) is 0 Å². The summed E-state index contributed by atoms with van der Waals surface area (Å²) in [4.78, 5) is 13.5. The van der Waals surface area contributed by atoms with Gasteiger partial charge < -0.3 is 5.32 Å². The predicted molar refractivity (Wildman–Crippen MR) is 89.6 cm³/mol. The Morgan fingerprint density at radius 3 is 2.85 bits per heavy atom. The highest BCUT2D eigenvalue weighted by atomic mass is 79.9. The van der Waals surface area contributed by atoms with Crippen molar-refractivity contribution in [1.82, 2.24) is 5.32 Å². The minimum Gasteiger partial charge on any atom is -0.350 e. The van der Waals surface area contributed by atoms with Crippen molar-refractivity contribution in [2.75, 3.05) is 5.33 Å². The Labute approximate surface area is 134 Å². The van der Waals surface area contributed by atoms with Crippen molar-refractivity contribution in [3.8, 4) is 0 Å². The van der Waals surface area contributed by atoms with Crippen LogP contribution >= 0.6 is 27.3 Å². The molecule has 0 spiro atoms. The zero-order valence-corrected chi connectivity index (χ0v) is 14.6. The van der Waals surface area contributed by atoms with Crippen LogP contribution in [0, 0.1) is 5.92 Å². The van der Waals surface area contributed by atoms with E-state index in [0.717, 1.165) is 36.9 Å². The molecule has 1 aromatic heterocycles. The fourth-order valence-corrected chi connectivity index (χ4v) is 4.30. The Kier molecular flexibility index (Phi) is 6.09. The summed E-state index contributed by atoms with van der Waals surface area (Å²) in [6.07, 6.45) is 7.26. The first-order chi connectivity index (χ1) is 9.63. The van der Waals surface area contributed by atoms with E-state index in [2.05, 4.69) is 45.7 Å². The molecule has 0 saturated heterocycles. The van der Waals surface area contributed by atoms with E-state index in [1.54, 1.807) is 11.3 Å². The fourth-order valence-electron chi connectivity index (χ4n) is 2.84. The number of carbonyl (C=O) groups excluding carboxylic acids is 1.